The molecule has 4 aromatic rings. The largest absolute Gasteiger partial charge is 0.497 e. The molecule has 0 aliphatic carbocycles. The molecule has 0 radical (unpaired) electrons. The van der Waals surface area contributed by atoms with Crippen LogP contribution in [0.1, 0.15) is 11.2 Å². The van der Waals surface area contributed by atoms with Gasteiger partial charge in [0.2, 0.25) is 5.91 Å². The van der Waals surface area contributed by atoms with Gasteiger partial charge in [0.15, 0.2) is 0 Å². The van der Waals surface area contributed by atoms with Crippen LogP contribution in [0.2, 0.25) is 0 Å². The van der Waals surface area contributed by atoms with Crippen molar-refractivity contribution < 1.29 is 14.3 Å². The van der Waals surface area contributed by atoms with E-state index in [1.165, 1.54) is 0 Å². The fraction of sp³-hybridized carbons (Fsp3) is 0.154. The molecule has 3 aromatic carbocycles. The summed E-state index contributed by atoms with van der Waals surface area (Å²) in [6, 6.07) is 25.6. The number of benzene rings is 3. The Bertz CT molecular complexity index is 1360. The van der Waals surface area contributed by atoms with Crippen molar-refractivity contribution in [2.24, 2.45) is 10.2 Å². The highest BCUT2D eigenvalue weighted by atomic mass is 16.5. The zero-order chi connectivity index (χ0) is 22.8. The van der Waals surface area contributed by atoms with Crippen molar-refractivity contribution in [2.75, 3.05) is 13.7 Å². The predicted molar refractivity (Wildman–Crippen MR) is 126 cm³/mol. The molecule has 7 nitrogen and oxygen atoms in total. The zero-order valence-electron chi connectivity index (χ0n) is 18.1. The molecule has 0 bridgehead atoms. The number of methoxy groups -OCH3 is 1. The van der Waals surface area contributed by atoms with E-state index in [2.05, 4.69) is 15.5 Å². The SMILES string of the molecule is COc1ccc2c(c1)c(-c1ccccc1)c(-c1ccccc1)n2C(=O)CNC1CC(=O)N=N1. The Balaban J connectivity index is 1.71. The Labute approximate surface area is 190 Å². The first kappa shape index (κ1) is 20.8. The van der Waals surface area contributed by atoms with Crippen LogP contribution in [0.15, 0.2) is 89.1 Å². The lowest BCUT2D eigenvalue weighted by Gasteiger charge is -2.13. The summed E-state index contributed by atoms with van der Waals surface area (Å²) in [7, 11) is 1.63. The summed E-state index contributed by atoms with van der Waals surface area (Å²) in [6.45, 7) is 0.0147. The summed E-state index contributed by atoms with van der Waals surface area (Å²) in [5.41, 5.74) is 4.48. The average Bonchev–Trinajstić information content (AvgIpc) is 3.44. The van der Waals surface area contributed by atoms with Crippen LogP contribution in [0.25, 0.3) is 33.3 Å². The Hall–Kier alpha value is -4.10. The number of amides is 1. The average molecular weight is 438 g/mol. The van der Waals surface area contributed by atoms with Gasteiger partial charge in [0.25, 0.3) is 5.91 Å². The molecule has 1 aliphatic heterocycles. The fourth-order valence-electron chi connectivity index (χ4n) is 4.20. The molecule has 1 aromatic heterocycles. The van der Waals surface area contributed by atoms with E-state index in [0.29, 0.717) is 5.75 Å². The third kappa shape index (κ3) is 3.94. The van der Waals surface area contributed by atoms with E-state index >= 15 is 0 Å². The number of carbonyl (C=O) groups is 2. The van der Waals surface area contributed by atoms with E-state index in [1.807, 2.05) is 78.9 Å². The summed E-state index contributed by atoms with van der Waals surface area (Å²) >= 11 is 0. The van der Waals surface area contributed by atoms with Gasteiger partial charge in [0, 0.05) is 10.9 Å². The second-order valence-corrected chi connectivity index (χ2v) is 7.78. The minimum absolute atomic E-state index is 0.0147. The van der Waals surface area contributed by atoms with Crippen LogP contribution in [0, 0.1) is 0 Å². The number of hydrogen-bond donors (Lipinski definition) is 1. The molecule has 0 saturated heterocycles. The van der Waals surface area contributed by atoms with Crippen molar-refractivity contribution in [2.45, 2.75) is 12.6 Å². The first-order valence-electron chi connectivity index (χ1n) is 10.7. The Morgan fingerprint density at radius 2 is 1.73 bits per heavy atom. The second-order valence-electron chi connectivity index (χ2n) is 7.78. The fourth-order valence-corrected chi connectivity index (χ4v) is 4.20. The van der Waals surface area contributed by atoms with Crippen molar-refractivity contribution in [1.82, 2.24) is 9.88 Å². The van der Waals surface area contributed by atoms with Crippen molar-refractivity contribution >= 4 is 22.7 Å². The molecule has 1 N–H and O–H groups in total. The Kier molecular flexibility index (Phi) is 5.54. The number of fused-ring (bicyclic) bond motifs is 1. The molecular formula is C26H22N4O3. The van der Waals surface area contributed by atoms with Crippen LogP contribution in [0.5, 0.6) is 5.75 Å². The number of nitrogens with zero attached hydrogens (tertiary/aromatic N) is 3. The molecule has 0 fully saturated rings. The number of aromatic nitrogens is 1. The molecule has 0 spiro atoms. The van der Waals surface area contributed by atoms with Gasteiger partial charge in [-0.15, -0.1) is 5.11 Å². The van der Waals surface area contributed by atoms with Crippen LogP contribution in [-0.4, -0.2) is 36.2 Å². The van der Waals surface area contributed by atoms with E-state index in [4.69, 9.17) is 4.74 Å². The third-order valence-corrected chi connectivity index (χ3v) is 5.70. The molecule has 164 valence electrons. The van der Waals surface area contributed by atoms with E-state index in [1.54, 1.807) is 11.7 Å². The number of azo groups is 1. The molecule has 1 atom stereocenters. The third-order valence-electron chi connectivity index (χ3n) is 5.70. The molecule has 5 rings (SSSR count). The number of hydrogen-bond acceptors (Lipinski definition) is 5. The number of ether oxygens (including phenoxy) is 1. The summed E-state index contributed by atoms with van der Waals surface area (Å²) in [5.74, 6) is 0.280. The molecule has 1 unspecified atom stereocenters. The normalized spacial score (nSPS) is 15.3. The Morgan fingerprint density at radius 3 is 2.36 bits per heavy atom. The maximum atomic E-state index is 13.6. The highest BCUT2D eigenvalue weighted by Crippen LogP contribution is 2.42. The highest BCUT2D eigenvalue weighted by molar-refractivity contribution is 6.10. The second kappa shape index (κ2) is 8.80. The van der Waals surface area contributed by atoms with Gasteiger partial charge in [-0.05, 0) is 29.3 Å². The van der Waals surface area contributed by atoms with Crippen LogP contribution >= 0.6 is 0 Å². The summed E-state index contributed by atoms with van der Waals surface area (Å²) in [6.07, 6.45) is -0.310. The minimum Gasteiger partial charge on any atom is -0.497 e. The van der Waals surface area contributed by atoms with Crippen molar-refractivity contribution in [3.63, 3.8) is 0 Å². The lowest BCUT2D eigenvalue weighted by atomic mass is 9.98. The number of carbonyl (C=O) groups excluding carboxylic acids is 2. The van der Waals surface area contributed by atoms with Gasteiger partial charge in [0.05, 0.1) is 31.3 Å². The van der Waals surface area contributed by atoms with Gasteiger partial charge >= 0.3 is 0 Å². The van der Waals surface area contributed by atoms with E-state index in [-0.39, 0.29) is 24.8 Å². The molecular weight excluding hydrogens is 416 g/mol. The first-order chi connectivity index (χ1) is 16.2. The zero-order valence-corrected chi connectivity index (χ0v) is 18.1. The lowest BCUT2D eigenvalue weighted by Crippen LogP contribution is -2.34. The van der Waals surface area contributed by atoms with Crippen LogP contribution in [0.4, 0.5) is 0 Å². The quantitative estimate of drug-likeness (QED) is 0.463. The molecule has 1 amide bonds. The highest BCUT2D eigenvalue weighted by Gasteiger charge is 2.25. The number of nitrogens with one attached hydrogen (secondary N) is 1. The Morgan fingerprint density at radius 1 is 1.03 bits per heavy atom. The first-order valence-corrected chi connectivity index (χ1v) is 10.7. The standard InChI is InChI=1S/C26H22N4O3/c1-33-19-12-13-21-20(14-19)25(17-8-4-2-5-9-17)26(18-10-6-3-7-11-18)30(21)24(32)16-27-22-15-23(31)29-28-22/h2-14,22,27H,15-16H2,1H3. The smallest absolute Gasteiger partial charge is 0.267 e. The van der Waals surface area contributed by atoms with Crippen molar-refractivity contribution in [3.05, 3.63) is 78.9 Å². The topological polar surface area (TPSA) is 85.0 Å². The maximum absolute atomic E-state index is 13.6. The van der Waals surface area contributed by atoms with Gasteiger partial charge in [-0.2, -0.15) is 5.11 Å². The summed E-state index contributed by atoms with van der Waals surface area (Å²) < 4.78 is 7.24. The van der Waals surface area contributed by atoms with Gasteiger partial charge in [0.1, 0.15) is 11.9 Å². The van der Waals surface area contributed by atoms with Gasteiger partial charge in [-0.3, -0.25) is 19.5 Å². The predicted octanol–water partition coefficient (Wildman–Crippen LogP) is 4.92. The van der Waals surface area contributed by atoms with Crippen molar-refractivity contribution in [1.29, 1.82) is 0 Å². The molecule has 1 aliphatic rings. The van der Waals surface area contributed by atoms with Crippen LogP contribution < -0.4 is 10.1 Å². The summed E-state index contributed by atoms with van der Waals surface area (Å²) in [4.78, 5) is 25.0. The molecule has 2 heterocycles. The minimum atomic E-state index is -0.475. The van der Waals surface area contributed by atoms with E-state index in [9.17, 15) is 9.59 Å². The maximum Gasteiger partial charge on any atom is 0.267 e. The lowest BCUT2D eigenvalue weighted by molar-refractivity contribution is -0.117. The monoisotopic (exact) mass is 438 g/mol. The van der Waals surface area contributed by atoms with E-state index in [0.717, 1.165) is 33.3 Å². The molecule has 7 heteroatoms. The summed E-state index contributed by atoms with van der Waals surface area (Å²) in [5, 5.41) is 11.4. The van der Waals surface area contributed by atoms with Gasteiger partial charge < -0.3 is 4.74 Å². The molecule has 33 heavy (non-hydrogen) atoms. The molecule has 0 saturated carbocycles. The number of rotatable bonds is 6. The van der Waals surface area contributed by atoms with E-state index < -0.39 is 6.17 Å². The van der Waals surface area contributed by atoms with Crippen LogP contribution in [-0.2, 0) is 4.79 Å². The van der Waals surface area contributed by atoms with Gasteiger partial charge in [-0.25, -0.2) is 0 Å². The van der Waals surface area contributed by atoms with Crippen molar-refractivity contribution in [3.8, 4) is 28.1 Å². The van der Waals surface area contributed by atoms with Crippen LogP contribution in [0.3, 0.4) is 0 Å². The van der Waals surface area contributed by atoms with Gasteiger partial charge in [-0.1, -0.05) is 60.7 Å².